The van der Waals surface area contributed by atoms with E-state index in [1.807, 2.05) is 30.5 Å². The van der Waals surface area contributed by atoms with Crippen molar-refractivity contribution in [3.05, 3.63) is 53.1 Å². The molecule has 1 aliphatic rings. The number of methoxy groups -OCH3 is 1. The lowest BCUT2D eigenvalue weighted by Gasteiger charge is -2.25. The van der Waals surface area contributed by atoms with E-state index in [-0.39, 0.29) is 0 Å². The standard InChI is InChI=1S/C21H27N5O/c1-4-10-26-15(2)17(12-22-26)13-25-11-9-19-20(14-25)24-21(23-19)16-5-7-18(27-3)8-6-16/h5-8,12H,4,9-11,13-14H2,1-3H3,(H,23,24). The van der Waals surface area contributed by atoms with Crippen molar-refractivity contribution in [3.63, 3.8) is 0 Å². The first-order valence-corrected chi connectivity index (χ1v) is 9.63. The molecule has 4 rings (SSSR count). The van der Waals surface area contributed by atoms with E-state index in [2.05, 4.69) is 33.5 Å². The van der Waals surface area contributed by atoms with Gasteiger partial charge in [-0.15, -0.1) is 0 Å². The minimum Gasteiger partial charge on any atom is -0.497 e. The Balaban J connectivity index is 1.47. The number of hydrogen-bond donors (Lipinski definition) is 1. The molecular weight excluding hydrogens is 338 g/mol. The van der Waals surface area contributed by atoms with Crippen molar-refractivity contribution < 1.29 is 4.74 Å². The average Bonchev–Trinajstić information content (AvgIpc) is 3.27. The quantitative estimate of drug-likeness (QED) is 0.726. The first-order valence-electron chi connectivity index (χ1n) is 9.63. The summed E-state index contributed by atoms with van der Waals surface area (Å²) in [6.07, 6.45) is 4.11. The molecule has 0 aliphatic carbocycles. The Morgan fingerprint density at radius 3 is 2.78 bits per heavy atom. The van der Waals surface area contributed by atoms with Gasteiger partial charge in [-0.3, -0.25) is 9.58 Å². The summed E-state index contributed by atoms with van der Waals surface area (Å²) in [5.41, 5.74) is 6.11. The van der Waals surface area contributed by atoms with Crippen LogP contribution >= 0.6 is 0 Å². The molecule has 0 fully saturated rings. The predicted octanol–water partition coefficient (Wildman–Crippen LogP) is 3.56. The fraction of sp³-hybridized carbons (Fsp3) is 0.429. The number of fused-ring (bicyclic) bond motifs is 1. The fourth-order valence-electron chi connectivity index (χ4n) is 3.69. The van der Waals surface area contributed by atoms with Gasteiger partial charge in [0.05, 0.1) is 24.7 Å². The second-order valence-corrected chi connectivity index (χ2v) is 7.18. The molecule has 0 atom stereocenters. The molecule has 6 nitrogen and oxygen atoms in total. The van der Waals surface area contributed by atoms with Crippen molar-refractivity contribution in [2.24, 2.45) is 0 Å². The lowest BCUT2D eigenvalue weighted by Crippen LogP contribution is -2.30. The number of aryl methyl sites for hydroxylation is 1. The van der Waals surface area contributed by atoms with Crippen molar-refractivity contribution in [2.75, 3.05) is 13.7 Å². The molecule has 0 amide bonds. The van der Waals surface area contributed by atoms with Crippen LogP contribution in [0.5, 0.6) is 5.75 Å². The largest absolute Gasteiger partial charge is 0.497 e. The van der Waals surface area contributed by atoms with E-state index in [0.29, 0.717) is 0 Å². The Morgan fingerprint density at radius 2 is 2.04 bits per heavy atom. The zero-order valence-corrected chi connectivity index (χ0v) is 16.3. The number of nitrogens with one attached hydrogen (secondary N) is 1. The van der Waals surface area contributed by atoms with Crippen LogP contribution in [0.15, 0.2) is 30.5 Å². The summed E-state index contributed by atoms with van der Waals surface area (Å²) >= 11 is 0. The smallest absolute Gasteiger partial charge is 0.137 e. The van der Waals surface area contributed by atoms with Crippen LogP contribution in [-0.4, -0.2) is 38.3 Å². The number of hydrogen-bond acceptors (Lipinski definition) is 4. The molecule has 1 aliphatic heterocycles. The van der Waals surface area contributed by atoms with Crippen molar-refractivity contribution in [3.8, 4) is 17.1 Å². The number of benzene rings is 1. The number of aromatic amines is 1. The summed E-state index contributed by atoms with van der Waals surface area (Å²) in [5, 5.41) is 4.53. The maximum absolute atomic E-state index is 5.24. The summed E-state index contributed by atoms with van der Waals surface area (Å²) < 4.78 is 7.35. The number of nitrogens with zero attached hydrogens (tertiary/aromatic N) is 4. The van der Waals surface area contributed by atoms with Gasteiger partial charge in [0.1, 0.15) is 11.6 Å². The average molecular weight is 365 g/mol. The van der Waals surface area contributed by atoms with Crippen LogP contribution in [0.2, 0.25) is 0 Å². The van der Waals surface area contributed by atoms with Crippen LogP contribution < -0.4 is 4.74 Å². The number of rotatable bonds is 6. The van der Waals surface area contributed by atoms with Gasteiger partial charge in [0, 0.05) is 49.4 Å². The lowest BCUT2D eigenvalue weighted by molar-refractivity contribution is 0.241. The van der Waals surface area contributed by atoms with E-state index in [9.17, 15) is 0 Å². The number of imidazole rings is 1. The van der Waals surface area contributed by atoms with Gasteiger partial charge in [0.15, 0.2) is 0 Å². The topological polar surface area (TPSA) is 59.0 Å². The maximum atomic E-state index is 5.24. The predicted molar refractivity (Wildman–Crippen MR) is 106 cm³/mol. The normalized spacial score (nSPS) is 14.3. The van der Waals surface area contributed by atoms with Crippen LogP contribution in [0.3, 0.4) is 0 Å². The van der Waals surface area contributed by atoms with E-state index in [0.717, 1.165) is 56.2 Å². The summed E-state index contributed by atoms with van der Waals surface area (Å²) in [5.74, 6) is 1.80. The van der Waals surface area contributed by atoms with E-state index in [1.165, 1.54) is 22.6 Å². The van der Waals surface area contributed by atoms with Gasteiger partial charge >= 0.3 is 0 Å². The molecule has 0 saturated carbocycles. The Labute approximate surface area is 160 Å². The molecule has 0 radical (unpaired) electrons. The molecule has 27 heavy (non-hydrogen) atoms. The zero-order valence-electron chi connectivity index (χ0n) is 16.3. The van der Waals surface area contributed by atoms with Crippen LogP contribution in [0.1, 0.15) is 36.0 Å². The first kappa shape index (κ1) is 17.8. The third-order valence-corrected chi connectivity index (χ3v) is 5.31. The zero-order chi connectivity index (χ0) is 18.8. The Kier molecular flexibility index (Phi) is 4.99. The molecule has 1 N–H and O–H groups in total. The second kappa shape index (κ2) is 7.56. The molecular formula is C21H27N5O. The highest BCUT2D eigenvalue weighted by molar-refractivity contribution is 5.57. The highest BCUT2D eigenvalue weighted by Gasteiger charge is 2.22. The summed E-state index contributed by atoms with van der Waals surface area (Å²) in [6, 6.07) is 8.04. The minimum atomic E-state index is 0.861. The SMILES string of the molecule is CCCn1ncc(CN2CCc3nc(-c4ccc(OC)cc4)[nH]c3C2)c1C. The van der Waals surface area contributed by atoms with E-state index in [4.69, 9.17) is 9.72 Å². The third-order valence-electron chi connectivity index (χ3n) is 5.31. The lowest BCUT2D eigenvalue weighted by atomic mass is 10.1. The second-order valence-electron chi connectivity index (χ2n) is 7.18. The molecule has 6 heteroatoms. The summed E-state index contributed by atoms with van der Waals surface area (Å²) in [4.78, 5) is 10.8. The molecule has 0 unspecified atom stereocenters. The fourth-order valence-corrected chi connectivity index (χ4v) is 3.69. The van der Waals surface area contributed by atoms with Gasteiger partial charge in [-0.1, -0.05) is 6.92 Å². The minimum absolute atomic E-state index is 0.861. The molecule has 3 aromatic rings. The van der Waals surface area contributed by atoms with Crippen molar-refractivity contribution in [1.82, 2.24) is 24.6 Å². The third kappa shape index (κ3) is 3.62. The molecule has 3 heterocycles. The number of H-pyrrole nitrogens is 1. The first-order chi connectivity index (χ1) is 13.2. The monoisotopic (exact) mass is 365 g/mol. The molecule has 0 saturated heterocycles. The van der Waals surface area contributed by atoms with E-state index >= 15 is 0 Å². The molecule has 2 aromatic heterocycles. The van der Waals surface area contributed by atoms with Gasteiger partial charge in [-0.25, -0.2) is 4.98 Å². The molecule has 1 aromatic carbocycles. The van der Waals surface area contributed by atoms with Gasteiger partial charge in [0.25, 0.3) is 0 Å². The molecule has 142 valence electrons. The van der Waals surface area contributed by atoms with Gasteiger partial charge in [-0.05, 0) is 37.6 Å². The number of ether oxygens (including phenoxy) is 1. The van der Waals surface area contributed by atoms with Crippen LogP contribution in [0, 0.1) is 6.92 Å². The summed E-state index contributed by atoms with van der Waals surface area (Å²) in [6.45, 7) is 8.21. The highest BCUT2D eigenvalue weighted by Crippen LogP contribution is 2.25. The van der Waals surface area contributed by atoms with Gasteiger partial charge in [-0.2, -0.15) is 5.10 Å². The molecule has 0 bridgehead atoms. The highest BCUT2D eigenvalue weighted by atomic mass is 16.5. The Bertz CT molecular complexity index is 909. The molecule has 0 spiro atoms. The van der Waals surface area contributed by atoms with Gasteiger partial charge < -0.3 is 9.72 Å². The Hall–Kier alpha value is -2.60. The van der Waals surface area contributed by atoms with Crippen LogP contribution in [0.25, 0.3) is 11.4 Å². The summed E-state index contributed by atoms with van der Waals surface area (Å²) in [7, 11) is 1.68. The van der Waals surface area contributed by atoms with Crippen molar-refractivity contribution >= 4 is 0 Å². The van der Waals surface area contributed by atoms with Crippen molar-refractivity contribution in [1.29, 1.82) is 0 Å². The van der Waals surface area contributed by atoms with Gasteiger partial charge in [0.2, 0.25) is 0 Å². The van der Waals surface area contributed by atoms with E-state index < -0.39 is 0 Å². The van der Waals surface area contributed by atoms with Crippen molar-refractivity contribution in [2.45, 2.75) is 46.3 Å². The number of aromatic nitrogens is 4. The Morgan fingerprint density at radius 1 is 1.22 bits per heavy atom. The van der Waals surface area contributed by atoms with Crippen LogP contribution in [-0.2, 0) is 26.1 Å². The van der Waals surface area contributed by atoms with Crippen LogP contribution in [0.4, 0.5) is 0 Å². The maximum Gasteiger partial charge on any atom is 0.137 e. The van der Waals surface area contributed by atoms with E-state index in [1.54, 1.807) is 7.11 Å².